The molecule has 2 heterocycles. The molecule has 3 rings (SSSR count). The van der Waals surface area contributed by atoms with Gasteiger partial charge < -0.3 is 9.47 Å². The number of carbonyl (C=O) groups is 1. The van der Waals surface area contributed by atoms with Crippen LogP contribution in [0.25, 0.3) is 11.4 Å². The zero-order valence-electron chi connectivity index (χ0n) is 14.9. The summed E-state index contributed by atoms with van der Waals surface area (Å²) in [5.41, 5.74) is 2.42. The first-order valence-electron chi connectivity index (χ1n) is 8.24. The minimum Gasteiger partial charge on any atom is -0.336 e. The molecule has 0 radical (unpaired) electrons. The molecule has 0 aliphatic heterocycles. The van der Waals surface area contributed by atoms with Crippen LogP contribution in [0.3, 0.4) is 0 Å². The van der Waals surface area contributed by atoms with Gasteiger partial charge in [-0.05, 0) is 6.07 Å². The van der Waals surface area contributed by atoms with E-state index in [2.05, 4.69) is 23.8 Å². The van der Waals surface area contributed by atoms with Crippen molar-refractivity contribution in [2.24, 2.45) is 7.05 Å². The molecule has 5 nitrogen and oxygen atoms in total. The summed E-state index contributed by atoms with van der Waals surface area (Å²) in [4.78, 5) is 23.7. The highest BCUT2D eigenvalue weighted by Crippen LogP contribution is 2.24. The Morgan fingerprint density at radius 1 is 1.32 bits per heavy atom. The van der Waals surface area contributed by atoms with E-state index in [1.165, 1.54) is 0 Å². The van der Waals surface area contributed by atoms with Crippen LogP contribution in [0.2, 0.25) is 0 Å². The van der Waals surface area contributed by atoms with Gasteiger partial charge in [0.15, 0.2) is 0 Å². The first-order chi connectivity index (χ1) is 12.0. The lowest BCUT2D eigenvalue weighted by Crippen LogP contribution is -2.27. The molecule has 2 aromatic heterocycles. The zero-order valence-corrected chi connectivity index (χ0v) is 15.7. The molecule has 0 saturated heterocycles. The molecular formula is C19H22N4OS. The van der Waals surface area contributed by atoms with Crippen molar-refractivity contribution in [2.45, 2.75) is 26.3 Å². The smallest absolute Gasteiger partial charge is 0.254 e. The van der Waals surface area contributed by atoms with Gasteiger partial charge in [-0.25, -0.2) is 9.97 Å². The quantitative estimate of drug-likeness (QED) is 0.697. The van der Waals surface area contributed by atoms with Gasteiger partial charge in [-0.2, -0.15) is 0 Å². The second-order valence-corrected chi connectivity index (χ2v) is 7.29. The Morgan fingerprint density at radius 3 is 2.72 bits per heavy atom. The maximum atomic E-state index is 13.0. The number of amides is 1. The van der Waals surface area contributed by atoms with E-state index >= 15 is 0 Å². The van der Waals surface area contributed by atoms with Crippen molar-refractivity contribution in [2.75, 3.05) is 7.05 Å². The molecule has 0 spiro atoms. The summed E-state index contributed by atoms with van der Waals surface area (Å²) in [5.74, 6) is 1.16. The third kappa shape index (κ3) is 3.64. The van der Waals surface area contributed by atoms with E-state index in [0.29, 0.717) is 18.0 Å². The molecule has 0 saturated carbocycles. The summed E-state index contributed by atoms with van der Waals surface area (Å²) in [7, 11) is 3.74. The Labute approximate surface area is 152 Å². The Hall–Kier alpha value is -2.47. The van der Waals surface area contributed by atoms with Crippen molar-refractivity contribution >= 4 is 17.2 Å². The van der Waals surface area contributed by atoms with Gasteiger partial charge in [0.1, 0.15) is 5.82 Å². The molecule has 3 aromatic rings. The highest BCUT2D eigenvalue weighted by atomic mass is 32.1. The summed E-state index contributed by atoms with van der Waals surface area (Å²) < 4.78 is 1.92. The molecule has 0 N–H and O–H groups in total. The molecule has 0 unspecified atom stereocenters. The molecule has 0 atom stereocenters. The van der Waals surface area contributed by atoms with E-state index in [9.17, 15) is 4.79 Å². The number of hydrogen-bond acceptors (Lipinski definition) is 4. The predicted molar refractivity (Wildman–Crippen MR) is 101 cm³/mol. The fourth-order valence-corrected chi connectivity index (χ4v) is 3.50. The van der Waals surface area contributed by atoms with Gasteiger partial charge in [0.05, 0.1) is 22.8 Å². The molecule has 0 aliphatic carbocycles. The predicted octanol–water partition coefficient (Wildman–Crippen LogP) is 3.94. The van der Waals surface area contributed by atoms with Crippen LogP contribution in [-0.4, -0.2) is 32.4 Å². The summed E-state index contributed by atoms with van der Waals surface area (Å²) in [6, 6.07) is 7.59. The number of rotatable bonds is 5. The second-order valence-electron chi connectivity index (χ2n) is 6.40. The summed E-state index contributed by atoms with van der Waals surface area (Å²) in [5, 5.41) is 3.13. The number of nitrogens with zero attached hydrogens (tertiary/aromatic N) is 4. The van der Waals surface area contributed by atoms with Crippen LogP contribution in [-0.2, 0) is 13.6 Å². The van der Waals surface area contributed by atoms with Crippen LogP contribution in [0.5, 0.6) is 0 Å². The van der Waals surface area contributed by atoms with Crippen LogP contribution in [0.4, 0.5) is 0 Å². The van der Waals surface area contributed by atoms with Gasteiger partial charge in [0.2, 0.25) is 0 Å². The second kappa shape index (κ2) is 7.19. The van der Waals surface area contributed by atoms with E-state index in [1.54, 1.807) is 22.4 Å². The van der Waals surface area contributed by atoms with Crippen molar-refractivity contribution in [1.82, 2.24) is 19.4 Å². The van der Waals surface area contributed by atoms with Gasteiger partial charge in [-0.3, -0.25) is 4.79 Å². The van der Waals surface area contributed by atoms with Crippen LogP contribution in [0.1, 0.15) is 40.8 Å². The number of imidazole rings is 1. The van der Waals surface area contributed by atoms with E-state index in [4.69, 9.17) is 0 Å². The topological polar surface area (TPSA) is 51.0 Å². The van der Waals surface area contributed by atoms with Gasteiger partial charge >= 0.3 is 0 Å². The number of benzene rings is 1. The van der Waals surface area contributed by atoms with Gasteiger partial charge in [0, 0.05) is 43.4 Å². The molecule has 0 bridgehead atoms. The third-order valence-electron chi connectivity index (χ3n) is 4.03. The van der Waals surface area contributed by atoms with E-state index in [1.807, 2.05) is 54.5 Å². The summed E-state index contributed by atoms with van der Waals surface area (Å²) >= 11 is 1.65. The fraction of sp³-hybridized carbons (Fsp3) is 0.316. The fourth-order valence-electron chi connectivity index (χ4n) is 2.67. The molecule has 25 heavy (non-hydrogen) atoms. The average Bonchev–Trinajstić information content (AvgIpc) is 3.23. The Bertz CT molecular complexity index is 881. The first kappa shape index (κ1) is 17.4. The Morgan fingerprint density at radius 2 is 2.08 bits per heavy atom. The molecule has 1 amide bonds. The normalized spacial score (nSPS) is 11.1. The van der Waals surface area contributed by atoms with E-state index in [-0.39, 0.29) is 5.91 Å². The highest BCUT2D eigenvalue weighted by molar-refractivity contribution is 7.09. The number of aromatic nitrogens is 3. The molecular weight excluding hydrogens is 332 g/mol. The lowest BCUT2D eigenvalue weighted by molar-refractivity contribution is 0.0784. The minimum atomic E-state index is -0.0299. The lowest BCUT2D eigenvalue weighted by atomic mass is 10.1. The van der Waals surface area contributed by atoms with Gasteiger partial charge in [-0.15, -0.1) is 11.3 Å². The zero-order chi connectivity index (χ0) is 18.0. The number of thiazole rings is 1. The monoisotopic (exact) mass is 354 g/mol. The minimum absolute atomic E-state index is 0.0299. The Kier molecular flexibility index (Phi) is 4.99. The number of aryl methyl sites for hydroxylation is 1. The maximum Gasteiger partial charge on any atom is 0.254 e. The molecule has 0 aliphatic rings. The largest absolute Gasteiger partial charge is 0.336 e. The van der Waals surface area contributed by atoms with Crippen molar-refractivity contribution in [3.63, 3.8) is 0 Å². The Balaban J connectivity index is 1.84. The first-order valence-corrected chi connectivity index (χ1v) is 9.11. The van der Waals surface area contributed by atoms with Gasteiger partial charge in [-0.1, -0.05) is 32.0 Å². The average molecular weight is 354 g/mol. The summed E-state index contributed by atoms with van der Waals surface area (Å²) in [6.07, 6.45) is 3.62. The lowest BCUT2D eigenvalue weighted by Gasteiger charge is -2.18. The standard InChI is InChI=1S/C19H22N4OS/c1-13(2)18-21-14(12-25-18)11-23(4)19(24)16-8-6-5-7-15(16)17-20-9-10-22(17)3/h5-10,12-13H,11H2,1-4H3. The molecule has 0 fully saturated rings. The molecule has 1 aromatic carbocycles. The SMILES string of the molecule is CC(C)c1nc(CN(C)C(=O)c2ccccc2-c2nccn2C)cs1. The van der Waals surface area contributed by atoms with Crippen molar-refractivity contribution in [3.05, 3.63) is 58.3 Å². The maximum absolute atomic E-state index is 13.0. The third-order valence-corrected chi connectivity index (χ3v) is 5.22. The van der Waals surface area contributed by atoms with Crippen molar-refractivity contribution in [1.29, 1.82) is 0 Å². The van der Waals surface area contributed by atoms with Crippen LogP contribution in [0.15, 0.2) is 42.0 Å². The highest BCUT2D eigenvalue weighted by Gasteiger charge is 2.19. The van der Waals surface area contributed by atoms with Crippen molar-refractivity contribution in [3.8, 4) is 11.4 Å². The van der Waals surface area contributed by atoms with Crippen LogP contribution in [0, 0.1) is 0 Å². The number of carbonyl (C=O) groups excluding carboxylic acids is 1. The van der Waals surface area contributed by atoms with E-state index in [0.717, 1.165) is 22.1 Å². The van der Waals surface area contributed by atoms with E-state index < -0.39 is 0 Å². The van der Waals surface area contributed by atoms with Crippen molar-refractivity contribution < 1.29 is 4.79 Å². The molecule has 130 valence electrons. The van der Waals surface area contributed by atoms with Crippen LogP contribution < -0.4 is 0 Å². The summed E-state index contributed by atoms with van der Waals surface area (Å²) in [6.45, 7) is 4.75. The van der Waals surface area contributed by atoms with Gasteiger partial charge in [0.25, 0.3) is 5.91 Å². The number of hydrogen-bond donors (Lipinski definition) is 0. The van der Waals surface area contributed by atoms with Crippen LogP contribution >= 0.6 is 11.3 Å². The molecule has 6 heteroatoms.